The average molecular weight is 261 g/mol. The summed E-state index contributed by atoms with van der Waals surface area (Å²) in [4.78, 5) is 0. The largest absolute Gasteiger partial charge is 0.573 e. The Labute approximate surface area is 105 Å². The molecule has 1 aromatic rings. The molecule has 0 atom stereocenters. The molecule has 5 heteroatoms. The number of rotatable bonds is 7. The van der Waals surface area contributed by atoms with E-state index < -0.39 is 6.36 Å². The number of hydrogen-bond acceptors (Lipinski definition) is 2. The predicted octanol–water partition coefficient (Wildman–Crippen LogP) is 3.65. The van der Waals surface area contributed by atoms with E-state index in [9.17, 15) is 13.2 Å². The quantitative estimate of drug-likeness (QED) is 0.760. The molecule has 0 bridgehead atoms. The molecule has 0 amide bonds. The van der Waals surface area contributed by atoms with Crippen molar-refractivity contribution in [2.45, 2.75) is 38.5 Å². The number of hydrogen-bond donors (Lipinski definition) is 1. The van der Waals surface area contributed by atoms with Crippen LogP contribution in [-0.4, -0.2) is 12.9 Å². The molecular weight excluding hydrogens is 243 g/mol. The van der Waals surface area contributed by atoms with Gasteiger partial charge in [0.2, 0.25) is 0 Å². The minimum absolute atomic E-state index is 0.172. The highest BCUT2D eigenvalue weighted by Gasteiger charge is 2.30. The maximum Gasteiger partial charge on any atom is 0.573 e. The van der Waals surface area contributed by atoms with E-state index in [2.05, 4.69) is 4.74 Å². The molecule has 0 saturated carbocycles. The van der Waals surface area contributed by atoms with Crippen LogP contribution >= 0.6 is 0 Å². The normalized spacial score (nSPS) is 11.6. The zero-order chi connectivity index (χ0) is 13.4. The van der Waals surface area contributed by atoms with Gasteiger partial charge < -0.3 is 10.5 Å². The van der Waals surface area contributed by atoms with Crippen LogP contribution < -0.4 is 10.5 Å². The molecule has 0 unspecified atom stereocenters. The highest BCUT2D eigenvalue weighted by Crippen LogP contribution is 2.23. The fourth-order valence-electron chi connectivity index (χ4n) is 1.68. The lowest BCUT2D eigenvalue weighted by Crippen LogP contribution is -2.17. The molecule has 0 aliphatic carbocycles. The summed E-state index contributed by atoms with van der Waals surface area (Å²) in [5.74, 6) is -0.172. The Bertz CT molecular complexity index is 335. The van der Waals surface area contributed by atoms with Gasteiger partial charge in [-0.15, -0.1) is 13.2 Å². The van der Waals surface area contributed by atoms with Crippen LogP contribution in [0, 0.1) is 0 Å². The lowest BCUT2D eigenvalue weighted by Gasteiger charge is -2.09. The van der Waals surface area contributed by atoms with Gasteiger partial charge in [0.25, 0.3) is 0 Å². The summed E-state index contributed by atoms with van der Waals surface area (Å²) in [5, 5.41) is 0. The van der Waals surface area contributed by atoms with Gasteiger partial charge in [0.05, 0.1) is 0 Å². The van der Waals surface area contributed by atoms with Gasteiger partial charge in [-0.05, 0) is 43.5 Å². The third kappa shape index (κ3) is 6.49. The number of aryl methyl sites for hydroxylation is 1. The van der Waals surface area contributed by atoms with Crippen LogP contribution in [0.3, 0.4) is 0 Å². The molecule has 0 aliphatic rings. The zero-order valence-electron chi connectivity index (χ0n) is 10.2. The molecule has 1 aromatic carbocycles. The van der Waals surface area contributed by atoms with Crippen LogP contribution in [0.25, 0.3) is 0 Å². The molecule has 1 rings (SSSR count). The molecule has 0 saturated heterocycles. The number of benzene rings is 1. The summed E-state index contributed by atoms with van der Waals surface area (Å²) in [6.07, 6.45) is 0.502. The molecule has 0 radical (unpaired) electrons. The second-order valence-corrected chi connectivity index (χ2v) is 4.14. The molecule has 0 aromatic heterocycles. The van der Waals surface area contributed by atoms with E-state index in [-0.39, 0.29) is 5.75 Å². The molecular formula is C13H18F3NO. The van der Waals surface area contributed by atoms with Crippen molar-refractivity contribution >= 4 is 0 Å². The highest BCUT2D eigenvalue weighted by molar-refractivity contribution is 5.27. The molecule has 0 fully saturated rings. The third-order valence-electron chi connectivity index (χ3n) is 2.58. The van der Waals surface area contributed by atoms with Gasteiger partial charge in [-0.2, -0.15) is 0 Å². The number of unbranched alkanes of at least 4 members (excludes halogenated alkanes) is 3. The van der Waals surface area contributed by atoms with E-state index in [1.54, 1.807) is 12.1 Å². The second kappa shape index (κ2) is 7.26. The van der Waals surface area contributed by atoms with Crippen molar-refractivity contribution in [2.75, 3.05) is 6.54 Å². The van der Waals surface area contributed by atoms with Crippen molar-refractivity contribution in [3.8, 4) is 5.75 Å². The van der Waals surface area contributed by atoms with Crippen molar-refractivity contribution in [1.29, 1.82) is 0 Å². The first-order valence-electron chi connectivity index (χ1n) is 6.06. The Morgan fingerprint density at radius 2 is 1.56 bits per heavy atom. The summed E-state index contributed by atoms with van der Waals surface area (Å²) in [5.41, 5.74) is 6.41. The SMILES string of the molecule is NCCCCCCc1ccc(OC(F)(F)F)cc1. The minimum atomic E-state index is -4.62. The van der Waals surface area contributed by atoms with Crippen LogP contribution in [0.15, 0.2) is 24.3 Å². The van der Waals surface area contributed by atoms with E-state index in [1.807, 2.05) is 0 Å². The average Bonchev–Trinajstić information content (AvgIpc) is 2.29. The maximum atomic E-state index is 11.9. The summed E-state index contributed by atoms with van der Waals surface area (Å²) in [7, 11) is 0. The van der Waals surface area contributed by atoms with E-state index >= 15 is 0 Å². The van der Waals surface area contributed by atoms with Crippen LogP contribution in [0.4, 0.5) is 13.2 Å². The molecule has 0 aliphatic heterocycles. The first-order chi connectivity index (χ1) is 8.51. The fraction of sp³-hybridized carbons (Fsp3) is 0.538. The van der Waals surface area contributed by atoms with Gasteiger partial charge in [0, 0.05) is 0 Å². The summed E-state index contributed by atoms with van der Waals surface area (Å²) < 4.78 is 39.6. The Morgan fingerprint density at radius 1 is 0.944 bits per heavy atom. The van der Waals surface area contributed by atoms with E-state index in [0.717, 1.165) is 37.7 Å². The molecule has 2 N–H and O–H groups in total. The van der Waals surface area contributed by atoms with Gasteiger partial charge in [-0.1, -0.05) is 25.0 Å². The van der Waals surface area contributed by atoms with Crippen LogP contribution in [-0.2, 0) is 6.42 Å². The van der Waals surface area contributed by atoms with Crippen molar-refractivity contribution in [1.82, 2.24) is 0 Å². The Hall–Kier alpha value is -1.23. The van der Waals surface area contributed by atoms with Crippen molar-refractivity contribution in [2.24, 2.45) is 5.73 Å². The molecule has 0 heterocycles. The van der Waals surface area contributed by atoms with Crippen LogP contribution in [0.5, 0.6) is 5.75 Å². The van der Waals surface area contributed by atoms with Crippen molar-refractivity contribution in [3.05, 3.63) is 29.8 Å². The second-order valence-electron chi connectivity index (χ2n) is 4.14. The first-order valence-corrected chi connectivity index (χ1v) is 6.06. The maximum absolute atomic E-state index is 11.9. The van der Waals surface area contributed by atoms with Gasteiger partial charge in [-0.25, -0.2) is 0 Å². The Morgan fingerprint density at radius 3 is 2.11 bits per heavy atom. The van der Waals surface area contributed by atoms with Crippen molar-refractivity contribution in [3.63, 3.8) is 0 Å². The van der Waals surface area contributed by atoms with Gasteiger partial charge >= 0.3 is 6.36 Å². The standard InChI is InChI=1S/C13H18F3NO/c14-13(15,16)18-12-8-6-11(7-9-12)5-3-1-2-4-10-17/h6-9H,1-5,10,17H2. The van der Waals surface area contributed by atoms with Crippen LogP contribution in [0.2, 0.25) is 0 Å². The predicted molar refractivity (Wildman–Crippen MR) is 64.4 cm³/mol. The highest BCUT2D eigenvalue weighted by atomic mass is 19.4. The van der Waals surface area contributed by atoms with Gasteiger partial charge in [0.1, 0.15) is 5.75 Å². The van der Waals surface area contributed by atoms with E-state index in [0.29, 0.717) is 6.54 Å². The smallest absolute Gasteiger partial charge is 0.406 e. The lowest BCUT2D eigenvalue weighted by molar-refractivity contribution is -0.274. The topological polar surface area (TPSA) is 35.2 Å². The Kier molecular flexibility index (Phi) is 5.98. The van der Waals surface area contributed by atoms with Crippen LogP contribution in [0.1, 0.15) is 31.2 Å². The summed E-state index contributed by atoms with van der Waals surface area (Å²) in [6.45, 7) is 0.712. The number of nitrogens with two attached hydrogens (primary N) is 1. The molecule has 102 valence electrons. The number of alkyl halides is 3. The van der Waals surface area contributed by atoms with E-state index in [4.69, 9.17) is 5.73 Å². The molecule has 18 heavy (non-hydrogen) atoms. The van der Waals surface area contributed by atoms with Gasteiger partial charge in [-0.3, -0.25) is 0 Å². The number of halogens is 3. The fourth-order valence-corrected chi connectivity index (χ4v) is 1.68. The van der Waals surface area contributed by atoms with Crippen molar-refractivity contribution < 1.29 is 17.9 Å². The first kappa shape index (κ1) is 14.8. The molecule has 0 spiro atoms. The zero-order valence-corrected chi connectivity index (χ0v) is 10.2. The molecule has 2 nitrogen and oxygen atoms in total. The Balaban J connectivity index is 2.32. The number of ether oxygens (including phenoxy) is 1. The van der Waals surface area contributed by atoms with E-state index in [1.165, 1.54) is 12.1 Å². The summed E-state index contributed by atoms with van der Waals surface area (Å²) in [6, 6.07) is 6.04. The van der Waals surface area contributed by atoms with Gasteiger partial charge in [0.15, 0.2) is 0 Å². The monoisotopic (exact) mass is 261 g/mol. The third-order valence-corrected chi connectivity index (χ3v) is 2.58. The minimum Gasteiger partial charge on any atom is -0.406 e. The summed E-state index contributed by atoms with van der Waals surface area (Å²) >= 11 is 0. The lowest BCUT2D eigenvalue weighted by atomic mass is 10.1.